The molecule has 24 heavy (non-hydrogen) atoms. The van der Waals surface area contributed by atoms with Crippen LogP contribution < -0.4 is 10.5 Å². The Labute approximate surface area is 146 Å². The van der Waals surface area contributed by atoms with E-state index in [2.05, 4.69) is 20.8 Å². The molecule has 2 N–H and O–H groups in total. The highest BCUT2D eigenvalue weighted by Gasteiger charge is 2.41. The van der Waals surface area contributed by atoms with Crippen LogP contribution in [0.5, 0.6) is 5.75 Å². The van der Waals surface area contributed by atoms with Crippen molar-refractivity contribution in [3.05, 3.63) is 24.3 Å². The zero-order chi connectivity index (χ0) is 17.8. The van der Waals surface area contributed by atoms with Gasteiger partial charge in [0, 0.05) is 5.69 Å². The van der Waals surface area contributed by atoms with Crippen molar-refractivity contribution in [1.29, 1.82) is 0 Å². The monoisotopic (exact) mass is 335 g/mol. The molecule has 136 valence electrons. The molecule has 0 spiro atoms. The molecule has 0 saturated carbocycles. The van der Waals surface area contributed by atoms with Crippen LogP contribution in [0.4, 0.5) is 5.69 Å². The van der Waals surface area contributed by atoms with Crippen molar-refractivity contribution in [2.75, 3.05) is 12.3 Å². The summed E-state index contributed by atoms with van der Waals surface area (Å²) < 4.78 is 11.8. The first-order valence-corrected chi connectivity index (χ1v) is 9.29. The Morgan fingerprint density at radius 2 is 1.50 bits per heavy atom. The van der Waals surface area contributed by atoms with Gasteiger partial charge >= 0.3 is 5.97 Å². The number of nitrogens with two attached hydrogens (primary N) is 1. The van der Waals surface area contributed by atoms with Crippen LogP contribution in [0.3, 0.4) is 0 Å². The maximum Gasteiger partial charge on any atom is 0.350 e. The first-order chi connectivity index (χ1) is 11.6. The zero-order valence-corrected chi connectivity index (χ0v) is 15.5. The van der Waals surface area contributed by atoms with Crippen LogP contribution in [0.25, 0.3) is 0 Å². The smallest absolute Gasteiger partial charge is 0.350 e. The highest BCUT2D eigenvalue weighted by Crippen LogP contribution is 2.30. The second-order valence-electron chi connectivity index (χ2n) is 6.36. The summed E-state index contributed by atoms with van der Waals surface area (Å²) in [6.45, 7) is 6.78. The normalized spacial score (nSPS) is 11.3. The predicted molar refractivity (Wildman–Crippen MR) is 99.1 cm³/mol. The Hall–Kier alpha value is -1.71. The fourth-order valence-electron chi connectivity index (χ4n) is 2.60. The molecule has 0 aromatic heterocycles. The van der Waals surface area contributed by atoms with Crippen molar-refractivity contribution in [3.8, 4) is 5.75 Å². The second kappa shape index (κ2) is 11.0. The topological polar surface area (TPSA) is 61.5 Å². The van der Waals surface area contributed by atoms with Crippen LogP contribution in [-0.2, 0) is 9.53 Å². The molecule has 0 bridgehead atoms. The van der Waals surface area contributed by atoms with E-state index >= 15 is 0 Å². The summed E-state index contributed by atoms with van der Waals surface area (Å²) in [6.07, 6.45) is 7.14. The van der Waals surface area contributed by atoms with Crippen LogP contribution >= 0.6 is 0 Å². The van der Waals surface area contributed by atoms with E-state index in [9.17, 15) is 4.79 Å². The Morgan fingerprint density at radius 1 is 0.958 bits per heavy atom. The van der Waals surface area contributed by atoms with Gasteiger partial charge in [-0.1, -0.05) is 40.0 Å². The van der Waals surface area contributed by atoms with E-state index in [1.165, 1.54) is 0 Å². The minimum Gasteiger partial charge on any atom is -0.476 e. The Bertz CT molecular complexity index is 462. The summed E-state index contributed by atoms with van der Waals surface area (Å²) in [7, 11) is 0. The number of unbranched alkanes of at least 4 members (excludes halogenated alkanes) is 3. The van der Waals surface area contributed by atoms with Gasteiger partial charge in [0.25, 0.3) is 0 Å². The van der Waals surface area contributed by atoms with Gasteiger partial charge in [0.2, 0.25) is 5.60 Å². The van der Waals surface area contributed by atoms with Crippen molar-refractivity contribution in [1.82, 2.24) is 0 Å². The Balaban J connectivity index is 2.98. The minimum absolute atomic E-state index is 0.227. The lowest BCUT2D eigenvalue weighted by molar-refractivity contribution is -0.164. The maximum atomic E-state index is 12.9. The third-order valence-electron chi connectivity index (χ3n) is 4.16. The summed E-state index contributed by atoms with van der Waals surface area (Å²) in [5.74, 6) is 0.443. The molecule has 0 unspecified atom stereocenters. The van der Waals surface area contributed by atoms with E-state index < -0.39 is 5.60 Å². The van der Waals surface area contributed by atoms with Gasteiger partial charge < -0.3 is 15.2 Å². The number of ether oxygens (including phenoxy) is 2. The molecule has 1 aromatic rings. The summed E-state index contributed by atoms with van der Waals surface area (Å²) in [4.78, 5) is 12.9. The number of hydrogen-bond acceptors (Lipinski definition) is 4. The quantitative estimate of drug-likeness (QED) is 0.327. The molecule has 0 saturated heterocycles. The maximum absolute atomic E-state index is 12.9. The molecule has 1 rings (SSSR count). The first-order valence-electron chi connectivity index (χ1n) is 9.29. The lowest BCUT2D eigenvalue weighted by Crippen LogP contribution is -2.46. The van der Waals surface area contributed by atoms with E-state index in [0.29, 0.717) is 30.9 Å². The van der Waals surface area contributed by atoms with Crippen molar-refractivity contribution in [2.45, 2.75) is 77.7 Å². The highest BCUT2D eigenvalue weighted by molar-refractivity contribution is 5.80. The largest absolute Gasteiger partial charge is 0.476 e. The lowest BCUT2D eigenvalue weighted by Gasteiger charge is -2.32. The van der Waals surface area contributed by atoms with Crippen LogP contribution in [0.15, 0.2) is 24.3 Å². The molecule has 4 nitrogen and oxygen atoms in total. The molecule has 0 atom stereocenters. The fourth-order valence-corrected chi connectivity index (χ4v) is 2.60. The molecule has 0 aliphatic heterocycles. The van der Waals surface area contributed by atoms with Crippen LogP contribution in [0.2, 0.25) is 0 Å². The third-order valence-corrected chi connectivity index (χ3v) is 4.16. The summed E-state index contributed by atoms with van der Waals surface area (Å²) in [5.41, 5.74) is 5.53. The van der Waals surface area contributed by atoms with Crippen LogP contribution in [-0.4, -0.2) is 18.2 Å². The minimum atomic E-state index is -0.893. The average Bonchev–Trinajstić information content (AvgIpc) is 2.59. The standard InChI is InChI=1S/C20H33NO3/c1-4-7-14-20(15-8-5-2,19(22)23-16-9-6-3)24-18-12-10-17(21)11-13-18/h10-13H,4-9,14-16,21H2,1-3H3. The number of hydrogen-bond donors (Lipinski definition) is 1. The van der Waals surface area contributed by atoms with E-state index in [4.69, 9.17) is 15.2 Å². The van der Waals surface area contributed by atoms with Gasteiger partial charge in [0.1, 0.15) is 5.75 Å². The SMILES string of the molecule is CCCCOC(=O)C(CCCC)(CCCC)Oc1ccc(N)cc1. The average molecular weight is 335 g/mol. The molecular formula is C20H33NO3. The summed E-state index contributed by atoms with van der Waals surface area (Å²) in [5, 5.41) is 0. The Morgan fingerprint density at radius 3 is 2.00 bits per heavy atom. The molecule has 0 radical (unpaired) electrons. The van der Waals surface area contributed by atoms with Crippen LogP contribution in [0, 0.1) is 0 Å². The van der Waals surface area contributed by atoms with E-state index in [0.717, 1.165) is 38.5 Å². The van der Waals surface area contributed by atoms with Gasteiger partial charge in [-0.05, 0) is 56.4 Å². The zero-order valence-electron chi connectivity index (χ0n) is 15.5. The Kier molecular flexibility index (Phi) is 9.28. The fraction of sp³-hybridized carbons (Fsp3) is 0.650. The third kappa shape index (κ3) is 6.42. The predicted octanol–water partition coefficient (Wildman–Crippen LogP) is 5.11. The molecule has 0 fully saturated rings. The highest BCUT2D eigenvalue weighted by atomic mass is 16.6. The second-order valence-corrected chi connectivity index (χ2v) is 6.36. The first kappa shape index (κ1) is 20.3. The van der Waals surface area contributed by atoms with Crippen molar-refractivity contribution < 1.29 is 14.3 Å². The van der Waals surface area contributed by atoms with E-state index in [1.54, 1.807) is 12.1 Å². The number of carbonyl (C=O) groups excluding carboxylic acids is 1. The molecule has 0 aliphatic rings. The molecule has 4 heteroatoms. The molecular weight excluding hydrogens is 302 g/mol. The summed E-state index contributed by atoms with van der Waals surface area (Å²) in [6, 6.07) is 7.23. The number of rotatable bonds is 12. The van der Waals surface area contributed by atoms with Gasteiger partial charge in [-0.15, -0.1) is 0 Å². The van der Waals surface area contributed by atoms with E-state index in [-0.39, 0.29) is 5.97 Å². The van der Waals surface area contributed by atoms with Crippen LogP contribution in [0.1, 0.15) is 72.1 Å². The van der Waals surface area contributed by atoms with Crippen molar-refractivity contribution in [2.24, 2.45) is 0 Å². The van der Waals surface area contributed by atoms with Gasteiger partial charge in [-0.25, -0.2) is 4.79 Å². The summed E-state index contributed by atoms with van der Waals surface area (Å²) >= 11 is 0. The van der Waals surface area contributed by atoms with Crippen molar-refractivity contribution >= 4 is 11.7 Å². The number of benzene rings is 1. The van der Waals surface area contributed by atoms with E-state index in [1.807, 2.05) is 12.1 Å². The van der Waals surface area contributed by atoms with Gasteiger partial charge in [-0.2, -0.15) is 0 Å². The lowest BCUT2D eigenvalue weighted by atomic mass is 9.90. The number of carbonyl (C=O) groups is 1. The number of esters is 1. The van der Waals surface area contributed by atoms with Gasteiger partial charge in [0.15, 0.2) is 0 Å². The molecule has 0 amide bonds. The van der Waals surface area contributed by atoms with Gasteiger partial charge in [0.05, 0.1) is 6.61 Å². The molecule has 0 aliphatic carbocycles. The number of nitrogen functional groups attached to an aromatic ring is 1. The van der Waals surface area contributed by atoms with Crippen molar-refractivity contribution in [3.63, 3.8) is 0 Å². The molecule has 0 heterocycles. The molecule has 1 aromatic carbocycles. The van der Waals surface area contributed by atoms with Gasteiger partial charge in [-0.3, -0.25) is 0 Å². The number of anilines is 1.